The van der Waals surface area contributed by atoms with Gasteiger partial charge in [-0.1, -0.05) is 20.8 Å². The van der Waals surface area contributed by atoms with E-state index in [1.807, 2.05) is 30.7 Å². The first-order chi connectivity index (χ1) is 15.9. The summed E-state index contributed by atoms with van der Waals surface area (Å²) in [6.45, 7) is 7.24. The van der Waals surface area contributed by atoms with Gasteiger partial charge in [-0.3, -0.25) is 9.78 Å². The van der Waals surface area contributed by atoms with Gasteiger partial charge in [-0.15, -0.1) is 0 Å². The number of H-pyrrole nitrogens is 1. The van der Waals surface area contributed by atoms with Crippen LogP contribution in [0.5, 0.6) is 0 Å². The molecule has 0 unspecified atom stereocenters. The molecule has 0 aliphatic rings. The maximum Gasteiger partial charge on any atom is 0.259 e. The molecule has 0 spiro atoms. The van der Waals surface area contributed by atoms with Gasteiger partial charge in [0.05, 0.1) is 29.2 Å². The van der Waals surface area contributed by atoms with E-state index in [1.54, 1.807) is 35.2 Å². The molecule has 0 saturated heterocycles. The molecule has 5 aromatic rings. The normalized spacial score (nSPS) is 11.7. The highest BCUT2D eigenvalue weighted by Crippen LogP contribution is 2.29. The number of aromatic amines is 1. The Bertz CT molecular complexity index is 1450. The van der Waals surface area contributed by atoms with E-state index in [0.717, 1.165) is 28.7 Å². The molecule has 33 heavy (non-hydrogen) atoms. The first kappa shape index (κ1) is 20.6. The average Bonchev–Trinajstić information content (AvgIpc) is 3.41. The lowest BCUT2D eigenvalue weighted by molar-refractivity contribution is 0.102. The van der Waals surface area contributed by atoms with Crippen molar-refractivity contribution >= 4 is 34.1 Å². The number of carbonyl (C=O) groups excluding carboxylic acids is 1. The summed E-state index contributed by atoms with van der Waals surface area (Å²) in [5.74, 6) is 0.346. The average molecular weight is 441 g/mol. The number of hydrogen-bond donors (Lipinski definition) is 3. The summed E-state index contributed by atoms with van der Waals surface area (Å²) in [5.41, 5.74) is 4.57. The highest BCUT2D eigenvalue weighted by atomic mass is 16.1. The van der Waals surface area contributed by atoms with Crippen molar-refractivity contribution in [1.82, 2.24) is 29.5 Å². The number of carbonyl (C=O) groups is 1. The van der Waals surface area contributed by atoms with E-state index in [4.69, 9.17) is 0 Å². The topological polar surface area (TPSA) is 113 Å². The number of amides is 1. The molecular formula is C24H24N8O. The van der Waals surface area contributed by atoms with E-state index in [-0.39, 0.29) is 11.3 Å². The largest absolute Gasteiger partial charge is 0.354 e. The predicted octanol–water partition coefficient (Wildman–Crippen LogP) is 4.38. The van der Waals surface area contributed by atoms with Crippen molar-refractivity contribution in [2.75, 3.05) is 17.2 Å². The molecule has 0 atom stereocenters. The number of nitrogens with zero attached hydrogens (tertiary/aromatic N) is 5. The van der Waals surface area contributed by atoms with Crippen molar-refractivity contribution in [3.05, 3.63) is 67.0 Å². The van der Waals surface area contributed by atoms with Crippen molar-refractivity contribution in [3.8, 4) is 11.1 Å². The predicted molar refractivity (Wildman–Crippen MR) is 128 cm³/mol. The summed E-state index contributed by atoms with van der Waals surface area (Å²) in [5, 5.41) is 11.4. The van der Waals surface area contributed by atoms with Gasteiger partial charge >= 0.3 is 0 Å². The Hall–Kier alpha value is -4.27. The summed E-state index contributed by atoms with van der Waals surface area (Å²) in [6.07, 6.45) is 10.4. The molecule has 9 heteroatoms. The minimum Gasteiger partial charge on any atom is -0.354 e. The first-order valence-corrected chi connectivity index (χ1v) is 10.6. The summed E-state index contributed by atoms with van der Waals surface area (Å²) in [7, 11) is 0. The lowest BCUT2D eigenvalue weighted by Crippen LogP contribution is -2.20. The molecule has 5 heterocycles. The third-order valence-corrected chi connectivity index (χ3v) is 5.21. The first-order valence-electron chi connectivity index (χ1n) is 10.6. The minimum atomic E-state index is -0.244. The van der Waals surface area contributed by atoms with Crippen molar-refractivity contribution in [2.45, 2.75) is 20.8 Å². The van der Waals surface area contributed by atoms with Crippen LogP contribution in [0.1, 0.15) is 31.1 Å². The number of rotatable bonds is 5. The maximum atomic E-state index is 12.8. The molecule has 0 aromatic carbocycles. The number of anilines is 2. The van der Waals surface area contributed by atoms with Crippen molar-refractivity contribution in [3.63, 3.8) is 0 Å². The molecule has 0 radical (unpaired) electrons. The van der Waals surface area contributed by atoms with Gasteiger partial charge in [0.1, 0.15) is 5.65 Å². The van der Waals surface area contributed by atoms with Gasteiger partial charge in [0.2, 0.25) is 5.95 Å². The molecule has 0 aliphatic carbocycles. The van der Waals surface area contributed by atoms with Crippen molar-refractivity contribution in [1.29, 1.82) is 0 Å². The number of nitrogens with one attached hydrogen (secondary N) is 3. The van der Waals surface area contributed by atoms with E-state index < -0.39 is 0 Å². The smallest absolute Gasteiger partial charge is 0.259 e. The van der Waals surface area contributed by atoms with E-state index in [2.05, 4.69) is 56.4 Å². The van der Waals surface area contributed by atoms with Crippen LogP contribution >= 0.6 is 0 Å². The summed E-state index contributed by atoms with van der Waals surface area (Å²) < 4.78 is 1.68. The summed E-state index contributed by atoms with van der Waals surface area (Å²) in [4.78, 5) is 29.2. The fraction of sp³-hybridized carbons (Fsp3) is 0.208. The number of fused-ring (bicyclic) bond motifs is 2. The lowest BCUT2D eigenvalue weighted by atomic mass is 9.97. The van der Waals surface area contributed by atoms with Crippen LogP contribution in [0.4, 0.5) is 11.6 Å². The number of aromatic nitrogens is 6. The lowest BCUT2D eigenvalue weighted by Gasteiger charge is -2.18. The van der Waals surface area contributed by atoms with Gasteiger partial charge in [-0.2, -0.15) is 10.1 Å². The van der Waals surface area contributed by atoms with Gasteiger partial charge in [-0.25, -0.2) is 9.50 Å². The van der Waals surface area contributed by atoms with Crippen molar-refractivity contribution < 1.29 is 4.79 Å². The Labute approximate surface area is 190 Å². The molecule has 0 saturated carbocycles. The zero-order chi connectivity index (χ0) is 23.0. The van der Waals surface area contributed by atoms with Crippen LogP contribution in [0.3, 0.4) is 0 Å². The molecule has 0 bridgehead atoms. The molecule has 166 valence electrons. The molecular weight excluding hydrogens is 416 g/mol. The molecule has 3 N–H and O–H groups in total. The Kier molecular flexibility index (Phi) is 5.01. The molecule has 0 fully saturated rings. The number of hydrogen-bond acceptors (Lipinski definition) is 6. The standard InChI is InChI=1S/C24H24N8O/c1-24(2,3)14-28-23-27-12-18-17(11-26-21(18)31-23)15-6-8-32-20(9-15)19(13-29-32)22(33)30-16-5-4-7-25-10-16/h4-13H,14H2,1-3H3,(H,30,33)(H2,26,27,28,31). The Morgan fingerprint density at radius 1 is 1.18 bits per heavy atom. The maximum absolute atomic E-state index is 12.8. The SMILES string of the molecule is CC(C)(C)CNc1ncc2c(-c3ccn4ncc(C(=O)Nc5cccnc5)c4c3)c[nH]c2n1. The third-order valence-electron chi connectivity index (χ3n) is 5.21. The molecule has 5 aromatic heterocycles. The molecule has 5 rings (SSSR count). The molecule has 9 nitrogen and oxygen atoms in total. The van der Waals surface area contributed by atoms with Crippen LogP contribution in [-0.2, 0) is 0 Å². The Balaban J connectivity index is 1.46. The molecule has 0 aliphatic heterocycles. The van der Waals surface area contributed by atoms with Gasteiger partial charge in [-0.05, 0) is 35.2 Å². The second kappa shape index (κ2) is 8.01. The quantitative estimate of drug-likeness (QED) is 0.374. The second-order valence-electron chi connectivity index (χ2n) is 9.07. The fourth-order valence-corrected chi connectivity index (χ4v) is 3.53. The van der Waals surface area contributed by atoms with E-state index in [1.165, 1.54) is 0 Å². The monoisotopic (exact) mass is 440 g/mol. The van der Waals surface area contributed by atoms with Crippen LogP contribution in [0.2, 0.25) is 0 Å². The zero-order valence-electron chi connectivity index (χ0n) is 18.6. The van der Waals surface area contributed by atoms with E-state index >= 15 is 0 Å². The minimum absolute atomic E-state index is 0.126. The zero-order valence-corrected chi connectivity index (χ0v) is 18.6. The van der Waals surface area contributed by atoms with Gasteiger partial charge < -0.3 is 15.6 Å². The summed E-state index contributed by atoms with van der Waals surface area (Å²) in [6, 6.07) is 7.46. The Morgan fingerprint density at radius 2 is 2.06 bits per heavy atom. The van der Waals surface area contributed by atoms with Crippen LogP contribution in [-0.4, -0.2) is 42.0 Å². The van der Waals surface area contributed by atoms with Crippen LogP contribution in [0.25, 0.3) is 27.7 Å². The second-order valence-corrected chi connectivity index (χ2v) is 9.07. The highest BCUT2D eigenvalue weighted by Gasteiger charge is 2.16. The fourth-order valence-electron chi connectivity index (χ4n) is 3.53. The van der Waals surface area contributed by atoms with Crippen LogP contribution < -0.4 is 10.6 Å². The number of pyridine rings is 2. The summed E-state index contributed by atoms with van der Waals surface area (Å²) >= 11 is 0. The van der Waals surface area contributed by atoms with Gasteiger partial charge in [0.15, 0.2) is 0 Å². The van der Waals surface area contributed by atoms with Crippen molar-refractivity contribution in [2.24, 2.45) is 5.41 Å². The third kappa shape index (κ3) is 4.25. The van der Waals surface area contributed by atoms with Crippen LogP contribution in [0.15, 0.2) is 61.4 Å². The van der Waals surface area contributed by atoms with E-state index in [9.17, 15) is 4.79 Å². The van der Waals surface area contributed by atoms with Gasteiger partial charge in [0, 0.05) is 42.3 Å². The Morgan fingerprint density at radius 3 is 2.85 bits per heavy atom. The van der Waals surface area contributed by atoms with Crippen LogP contribution in [0, 0.1) is 5.41 Å². The highest BCUT2D eigenvalue weighted by molar-refractivity contribution is 6.09. The molecule has 1 amide bonds. The van der Waals surface area contributed by atoms with Gasteiger partial charge in [0.25, 0.3) is 5.91 Å². The van der Waals surface area contributed by atoms with E-state index in [0.29, 0.717) is 22.7 Å².